The fourth-order valence-corrected chi connectivity index (χ4v) is 4.58. The lowest BCUT2D eigenvalue weighted by Gasteiger charge is -2.32. The average Bonchev–Trinajstić information content (AvgIpc) is 3.23. The third-order valence-corrected chi connectivity index (χ3v) is 5.90. The van der Waals surface area contributed by atoms with Gasteiger partial charge in [0.2, 0.25) is 0 Å². The Bertz CT molecular complexity index is 1060. The summed E-state index contributed by atoms with van der Waals surface area (Å²) >= 11 is 3.56. The number of rotatable bonds is 2. The van der Waals surface area contributed by atoms with E-state index in [2.05, 4.69) is 71.2 Å². The Kier molecular flexibility index (Phi) is 3.70. The van der Waals surface area contributed by atoms with E-state index >= 15 is 0 Å². The molecule has 26 heavy (non-hydrogen) atoms. The summed E-state index contributed by atoms with van der Waals surface area (Å²) < 4.78 is 2.60. The lowest BCUT2D eigenvalue weighted by atomic mass is 9.93. The molecule has 0 saturated carbocycles. The molecule has 0 atom stereocenters. The van der Waals surface area contributed by atoms with Gasteiger partial charge in [0.15, 0.2) is 5.65 Å². The number of hydrogen-bond donors (Lipinski definition) is 1. The second-order valence-electron chi connectivity index (χ2n) is 6.88. The zero-order valence-corrected chi connectivity index (χ0v) is 16.1. The summed E-state index contributed by atoms with van der Waals surface area (Å²) in [6.45, 7) is 1.96. The summed E-state index contributed by atoms with van der Waals surface area (Å²) in [6, 6.07) is 10.8. The number of nitrogens with one attached hydrogen (secondary N) is 1. The number of aromatic amines is 1. The molecule has 3 aromatic heterocycles. The molecule has 4 heterocycles. The van der Waals surface area contributed by atoms with Gasteiger partial charge in [0.1, 0.15) is 16.7 Å². The van der Waals surface area contributed by atoms with E-state index in [1.165, 1.54) is 16.6 Å². The molecule has 0 spiro atoms. The van der Waals surface area contributed by atoms with Crippen LogP contribution in [0.5, 0.6) is 0 Å². The normalized spacial score (nSPS) is 16.0. The SMILES string of the molecule is Cn1nc(Br)c2c(N3CCC(c4cc5ccccc5[nH]4)CC3)ncnc21. The molecule has 1 N–H and O–H groups in total. The predicted molar refractivity (Wildman–Crippen MR) is 106 cm³/mol. The Balaban J connectivity index is 1.40. The predicted octanol–water partition coefficient (Wildman–Crippen LogP) is 3.99. The average molecular weight is 411 g/mol. The van der Waals surface area contributed by atoms with Crippen LogP contribution in [-0.4, -0.2) is 37.8 Å². The molecule has 0 radical (unpaired) electrons. The van der Waals surface area contributed by atoms with Crippen molar-refractivity contribution < 1.29 is 0 Å². The summed E-state index contributed by atoms with van der Waals surface area (Å²) in [5.74, 6) is 1.54. The maximum absolute atomic E-state index is 4.56. The molecule has 5 rings (SSSR count). The number of fused-ring (bicyclic) bond motifs is 2. The first kappa shape index (κ1) is 15.8. The lowest BCUT2D eigenvalue weighted by Crippen LogP contribution is -2.33. The Labute approximate surface area is 159 Å². The molecule has 4 aromatic rings. The minimum atomic E-state index is 0.563. The molecule has 7 heteroatoms. The monoisotopic (exact) mass is 410 g/mol. The van der Waals surface area contributed by atoms with Crippen LogP contribution >= 0.6 is 15.9 Å². The summed E-state index contributed by atoms with van der Waals surface area (Å²) in [5, 5.41) is 6.72. The van der Waals surface area contributed by atoms with Gasteiger partial charge in [0.05, 0.1) is 5.39 Å². The van der Waals surface area contributed by atoms with Crippen molar-refractivity contribution >= 4 is 43.7 Å². The van der Waals surface area contributed by atoms with Crippen molar-refractivity contribution in [3.63, 3.8) is 0 Å². The number of nitrogens with zero attached hydrogens (tertiary/aromatic N) is 5. The summed E-state index contributed by atoms with van der Waals surface area (Å²) in [4.78, 5) is 14.9. The van der Waals surface area contributed by atoms with E-state index in [9.17, 15) is 0 Å². The maximum atomic E-state index is 4.56. The number of piperidine rings is 1. The summed E-state index contributed by atoms with van der Waals surface area (Å²) in [7, 11) is 1.91. The number of H-pyrrole nitrogens is 1. The molecule has 1 aliphatic heterocycles. The van der Waals surface area contributed by atoms with E-state index in [4.69, 9.17) is 0 Å². The number of anilines is 1. The molecular weight excluding hydrogens is 392 g/mol. The smallest absolute Gasteiger partial charge is 0.164 e. The van der Waals surface area contributed by atoms with Crippen LogP contribution in [0.15, 0.2) is 41.3 Å². The van der Waals surface area contributed by atoms with Crippen molar-refractivity contribution in [2.75, 3.05) is 18.0 Å². The number of halogens is 1. The number of aryl methyl sites for hydroxylation is 1. The van der Waals surface area contributed by atoms with Crippen LogP contribution in [0.25, 0.3) is 21.9 Å². The molecule has 0 unspecified atom stereocenters. The van der Waals surface area contributed by atoms with Gasteiger partial charge < -0.3 is 9.88 Å². The van der Waals surface area contributed by atoms with E-state index in [0.29, 0.717) is 5.92 Å². The van der Waals surface area contributed by atoms with Crippen molar-refractivity contribution in [2.45, 2.75) is 18.8 Å². The third-order valence-electron chi connectivity index (χ3n) is 5.34. The van der Waals surface area contributed by atoms with Crippen LogP contribution in [0, 0.1) is 0 Å². The van der Waals surface area contributed by atoms with Crippen LogP contribution in [0.2, 0.25) is 0 Å². The Hall–Kier alpha value is -2.41. The molecular formula is C19H19BrN6. The van der Waals surface area contributed by atoms with E-state index in [0.717, 1.165) is 47.4 Å². The maximum Gasteiger partial charge on any atom is 0.164 e. The van der Waals surface area contributed by atoms with Gasteiger partial charge in [-0.2, -0.15) is 5.10 Å². The topological polar surface area (TPSA) is 62.6 Å². The van der Waals surface area contributed by atoms with Crippen LogP contribution in [-0.2, 0) is 7.05 Å². The van der Waals surface area contributed by atoms with Gasteiger partial charge >= 0.3 is 0 Å². The van der Waals surface area contributed by atoms with Gasteiger partial charge in [-0.05, 0) is 46.3 Å². The second-order valence-corrected chi connectivity index (χ2v) is 7.63. The zero-order valence-electron chi connectivity index (χ0n) is 14.5. The second kappa shape index (κ2) is 6.09. The number of para-hydroxylation sites is 1. The van der Waals surface area contributed by atoms with Crippen molar-refractivity contribution in [2.24, 2.45) is 7.05 Å². The van der Waals surface area contributed by atoms with Crippen LogP contribution in [0.1, 0.15) is 24.5 Å². The molecule has 6 nitrogen and oxygen atoms in total. The van der Waals surface area contributed by atoms with Gasteiger partial charge in [0, 0.05) is 37.3 Å². The van der Waals surface area contributed by atoms with E-state index in [-0.39, 0.29) is 0 Å². The highest BCUT2D eigenvalue weighted by Crippen LogP contribution is 2.35. The first-order valence-electron chi connectivity index (χ1n) is 8.86. The fourth-order valence-electron chi connectivity index (χ4n) is 3.98. The first-order chi connectivity index (χ1) is 12.7. The largest absolute Gasteiger partial charge is 0.358 e. The highest BCUT2D eigenvalue weighted by Gasteiger charge is 2.25. The molecule has 0 bridgehead atoms. The van der Waals surface area contributed by atoms with Crippen molar-refractivity contribution in [1.29, 1.82) is 0 Å². The Morgan fingerprint density at radius 1 is 1.15 bits per heavy atom. The van der Waals surface area contributed by atoms with E-state index < -0.39 is 0 Å². The summed E-state index contributed by atoms with van der Waals surface area (Å²) in [6.07, 6.45) is 3.85. The van der Waals surface area contributed by atoms with Crippen LogP contribution < -0.4 is 4.90 Å². The number of benzene rings is 1. The minimum Gasteiger partial charge on any atom is -0.358 e. The quantitative estimate of drug-likeness (QED) is 0.542. The molecule has 1 aromatic carbocycles. The van der Waals surface area contributed by atoms with E-state index in [1.807, 2.05) is 7.05 Å². The lowest BCUT2D eigenvalue weighted by molar-refractivity contribution is 0.496. The molecule has 0 aliphatic carbocycles. The standard InChI is InChI=1S/C19H19BrN6/c1-25-18-16(17(20)24-25)19(22-11-21-18)26-8-6-12(7-9-26)15-10-13-4-2-3-5-14(13)23-15/h2-5,10-12,23H,6-9H2,1H3. The molecule has 132 valence electrons. The molecule has 1 fully saturated rings. The van der Waals surface area contributed by atoms with Gasteiger partial charge in [0.25, 0.3) is 0 Å². The third kappa shape index (κ3) is 2.49. The first-order valence-corrected chi connectivity index (χ1v) is 9.66. The number of hydrogen-bond acceptors (Lipinski definition) is 4. The van der Waals surface area contributed by atoms with Crippen molar-refractivity contribution in [3.8, 4) is 0 Å². The molecule has 1 aliphatic rings. The Morgan fingerprint density at radius 2 is 1.96 bits per heavy atom. The van der Waals surface area contributed by atoms with Crippen molar-refractivity contribution in [3.05, 3.63) is 47.0 Å². The van der Waals surface area contributed by atoms with E-state index in [1.54, 1.807) is 11.0 Å². The number of aromatic nitrogens is 5. The molecule has 1 saturated heterocycles. The van der Waals surface area contributed by atoms with Gasteiger partial charge in [-0.3, -0.25) is 0 Å². The van der Waals surface area contributed by atoms with Gasteiger partial charge in [-0.1, -0.05) is 18.2 Å². The molecule has 0 amide bonds. The van der Waals surface area contributed by atoms with Crippen LogP contribution in [0.4, 0.5) is 5.82 Å². The fraction of sp³-hybridized carbons (Fsp3) is 0.316. The van der Waals surface area contributed by atoms with Crippen LogP contribution in [0.3, 0.4) is 0 Å². The zero-order chi connectivity index (χ0) is 17.7. The highest BCUT2D eigenvalue weighted by atomic mass is 79.9. The minimum absolute atomic E-state index is 0.563. The van der Waals surface area contributed by atoms with Crippen molar-refractivity contribution in [1.82, 2.24) is 24.7 Å². The summed E-state index contributed by atoms with van der Waals surface area (Å²) in [5.41, 5.74) is 3.43. The van der Waals surface area contributed by atoms with Gasteiger partial charge in [-0.15, -0.1) is 0 Å². The highest BCUT2D eigenvalue weighted by molar-refractivity contribution is 9.10. The van der Waals surface area contributed by atoms with Gasteiger partial charge in [-0.25, -0.2) is 14.6 Å². The Morgan fingerprint density at radius 3 is 2.77 bits per heavy atom.